The molecule has 0 aliphatic carbocycles. The minimum atomic E-state index is -0.797. The normalized spacial score (nSPS) is 21.0. The van der Waals surface area contributed by atoms with Crippen LogP contribution in [0, 0.1) is 5.82 Å². The van der Waals surface area contributed by atoms with Gasteiger partial charge in [-0.2, -0.15) is 0 Å². The standard InChI is InChI=1S/C18H27FN2O2/c1-18(2,3)20-17(23)15-9-4-5-10-21(15)12-16(22)13-7-6-8-14(19)11-13/h6-8,11,15-16,22H,4-5,9-10,12H2,1-3H3,(H,20,23). The van der Waals surface area contributed by atoms with E-state index in [1.165, 1.54) is 12.1 Å². The van der Waals surface area contributed by atoms with Crippen LogP contribution in [0.15, 0.2) is 24.3 Å². The second-order valence-electron chi connectivity index (χ2n) is 7.32. The summed E-state index contributed by atoms with van der Waals surface area (Å²) in [7, 11) is 0. The Morgan fingerprint density at radius 1 is 1.43 bits per heavy atom. The summed E-state index contributed by atoms with van der Waals surface area (Å²) < 4.78 is 13.3. The monoisotopic (exact) mass is 322 g/mol. The molecule has 0 bridgehead atoms. The molecule has 1 fully saturated rings. The molecule has 2 rings (SSSR count). The summed E-state index contributed by atoms with van der Waals surface area (Å²) in [6.07, 6.45) is 2.01. The summed E-state index contributed by atoms with van der Waals surface area (Å²) in [4.78, 5) is 14.5. The lowest BCUT2D eigenvalue weighted by molar-refractivity contribution is -0.129. The third kappa shape index (κ3) is 5.29. The minimum Gasteiger partial charge on any atom is -0.387 e. The van der Waals surface area contributed by atoms with Crippen LogP contribution in [0.25, 0.3) is 0 Å². The number of hydrogen-bond donors (Lipinski definition) is 2. The van der Waals surface area contributed by atoms with Gasteiger partial charge in [-0.25, -0.2) is 4.39 Å². The number of β-amino-alcohol motifs (C(OH)–C–C–N with tert-alkyl or cyclic N) is 1. The molecule has 128 valence electrons. The highest BCUT2D eigenvalue weighted by molar-refractivity contribution is 5.82. The van der Waals surface area contributed by atoms with E-state index in [0.717, 1.165) is 25.8 Å². The second-order valence-corrected chi connectivity index (χ2v) is 7.32. The third-order valence-corrected chi connectivity index (χ3v) is 4.06. The first-order valence-corrected chi connectivity index (χ1v) is 8.26. The number of nitrogens with zero attached hydrogens (tertiary/aromatic N) is 1. The zero-order chi connectivity index (χ0) is 17.0. The number of likely N-dealkylation sites (tertiary alicyclic amines) is 1. The molecule has 0 aromatic heterocycles. The lowest BCUT2D eigenvalue weighted by Gasteiger charge is -2.37. The average Bonchev–Trinajstić information content (AvgIpc) is 2.46. The quantitative estimate of drug-likeness (QED) is 0.896. The van der Waals surface area contributed by atoms with E-state index in [2.05, 4.69) is 5.32 Å². The molecular formula is C18H27FN2O2. The molecule has 4 nitrogen and oxygen atoms in total. The molecule has 1 saturated heterocycles. The number of nitrogens with one attached hydrogen (secondary N) is 1. The SMILES string of the molecule is CC(C)(C)NC(=O)C1CCCCN1CC(O)c1cccc(F)c1. The van der Waals surface area contributed by atoms with Gasteiger partial charge in [0.2, 0.25) is 5.91 Å². The van der Waals surface area contributed by atoms with Gasteiger partial charge < -0.3 is 10.4 Å². The Kier molecular flexibility index (Phi) is 5.76. The molecule has 1 aliphatic rings. The number of hydrogen-bond acceptors (Lipinski definition) is 3. The fraction of sp³-hybridized carbons (Fsp3) is 0.611. The van der Waals surface area contributed by atoms with Gasteiger partial charge in [0.05, 0.1) is 12.1 Å². The smallest absolute Gasteiger partial charge is 0.237 e. The molecule has 23 heavy (non-hydrogen) atoms. The molecule has 5 heteroatoms. The highest BCUT2D eigenvalue weighted by Gasteiger charge is 2.31. The van der Waals surface area contributed by atoms with Crippen LogP contribution in [0.5, 0.6) is 0 Å². The summed E-state index contributed by atoms with van der Waals surface area (Å²) in [6, 6.07) is 5.77. The molecule has 1 aliphatic heterocycles. The first kappa shape index (κ1) is 17.9. The van der Waals surface area contributed by atoms with Crippen molar-refractivity contribution in [3.63, 3.8) is 0 Å². The van der Waals surface area contributed by atoms with Gasteiger partial charge in [-0.1, -0.05) is 18.6 Å². The first-order valence-electron chi connectivity index (χ1n) is 8.26. The summed E-state index contributed by atoms with van der Waals surface area (Å²) in [5.74, 6) is -0.356. The van der Waals surface area contributed by atoms with Crippen molar-refractivity contribution < 1.29 is 14.3 Å². The molecule has 1 aromatic rings. The van der Waals surface area contributed by atoms with E-state index >= 15 is 0 Å². The van der Waals surface area contributed by atoms with Crippen LogP contribution >= 0.6 is 0 Å². The van der Waals surface area contributed by atoms with Crippen LogP contribution in [0.1, 0.15) is 51.7 Å². The van der Waals surface area contributed by atoms with E-state index in [0.29, 0.717) is 12.1 Å². The van der Waals surface area contributed by atoms with Crippen LogP contribution in [0.2, 0.25) is 0 Å². The van der Waals surface area contributed by atoms with E-state index in [1.54, 1.807) is 12.1 Å². The third-order valence-electron chi connectivity index (χ3n) is 4.06. The van der Waals surface area contributed by atoms with Gasteiger partial charge in [-0.15, -0.1) is 0 Å². The average molecular weight is 322 g/mol. The molecule has 2 unspecified atom stereocenters. The minimum absolute atomic E-state index is 0.00337. The number of amides is 1. The number of piperidine rings is 1. The van der Waals surface area contributed by atoms with Crippen LogP contribution in [-0.4, -0.2) is 40.6 Å². The van der Waals surface area contributed by atoms with Crippen LogP contribution in [0.4, 0.5) is 4.39 Å². The summed E-state index contributed by atoms with van der Waals surface area (Å²) in [5, 5.41) is 13.4. The number of aliphatic hydroxyl groups excluding tert-OH is 1. The van der Waals surface area contributed by atoms with Crippen molar-refractivity contribution >= 4 is 5.91 Å². The largest absolute Gasteiger partial charge is 0.387 e. The number of aliphatic hydroxyl groups is 1. The first-order chi connectivity index (χ1) is 10.8. The van der Waals surface area contributed by atoms with Crippen LogP contribution in [-0.2, 0) is 4.79 Å². The van der Waals surface area contributed by atoms with E-state index in [4.69, 9.17) is 0 Å². The fourth-order valence-corrected chi connectivity index (χ4v) is 3.00. The molecule has 1 aromatic carbocycles. The van der Waals surface area contributed by atoms with Crippen molar-refractivity contribution in [3.05, 3.63) is 35.6 Å². The van der Waals surface area contributed by atoms with Crippen molar-refractivity contribution in [2.45, 2.75) is 57.7 Å². The lowest BCUT2D eigenvalue weighted by Crippen LogP contribution is -2.54. The predicted octanol–water partition coefficient (Wildman–Crippen LogP) is 2.63. The Hall–Kier alpha value is -1.46. The Balaban J connectivity index is 2.05. The van der Waals surface area contributed by atoms with E-state index in [1.807, 2.05) is 25.7 Å². The highest BCUT2D eigenvalue weighted by Crippen LogP contribution is 2.22. The van der Waals surface area contributed by atoms with Gasteiger partial charge in [-0.3, -0.25) is 9.69 Å². The van der Waals surface area contributed by atoms with Crippen LogP contribution in [0.3, 0.4) is 0 Å². The number of rotatable bonds is 4. The van der Waals surface area contributed by atoms with E-state index in [9.17, 15) is 14.3 Å². The van der Waals surface area contributed by atoms with Crippen LogP contribution < -0.4 is 5.32 Å². The molecule has 2 N–H and O–H groups in total. The maximum Gasteiger partial charge on any atom is 0.237 e. The van der Waals surface area contributed by atoms with Gasteiger partial charge in [0, 0.05) is 12.1 Å². The Morgan fingerprint density at radius 3 is 2.83 bits per heavy atom. The topological polar surface area (TPSA) is 52.6 Å². The molecule has 0 spiro atoms. The summed E-state index contributed by atoms with van der Waals surface area (Å²) >= 11 is 0. The maximum atomic E-state index is 13.3. The number of benzene rings is 1. The summed E-state index contributed by atoms with van der Waals surface area (Å²) in [5.41, 5.74) is 0.270. The van der Waals surface area contributed by atoms with Gasteiger partial charge in [0.1, 0.15) is 5.82 Å². The van der Waals surface area contributed by atoms with Crippen molar-refractivity contribution in [1.82, 2.24) is 10.2 Å². The highest BCUT2D eigenvalue weighted by atomic mass is 19.1. The molecule has 2 atom stereocenters. The molecule has 0 saturated carbocycles. The van der Waals surface area contributed by atoms with E-state index < -0.39 is 6.10 Å². The fourth-order valence-electron chi connectivity index (χ4n) is 3.00. The number of halogens is 1. The van der Waals surface area contributed by atoms with Crippen molar-refractivity contribution in [3.8, 4) is 0 Å². The molecule has 0 radical (unpaired) electrons. The zero-order valence-electron chi connectivity index (χ0n) is 14.2. The van der Waals surface area contributed by atoms with Gasteiger partial charge in [-0.05, 0) is 57.9 Å². The van der Waals surface area contributed by atoms with E-state index in [-0.39, 0.29) is 23.3 Å². The molecule has 1 amide bonds. The predicted molar refractivity (Wildman–Crippen MR) is 88.5 cm³/mol. The number of carbonyl (C=O) groups is 1. The van der Waals surface area contributed by atoms with Crippen molar-refractivity contribution in [1.29, 1.82) is 0 Å². The summed E-state index contributed by atoms with van der Waals surface area (Å²) in [6.45, 7) is 6.99. The number of carbonyl (C=O) groups excluding carboxylic acids is 1. The Labute approximate surface area is 137 Å². The Morgan fingerprint density at radius 2 is 2.17 bits per heavy atom. The van der Waals surface area contributed by atoms with Gasteiger partial charge in [0.15, 0.2) is 0 Å². The van der Waals surface area contributed by atoms with Gasteiger partial charge >= 0.3 is 0 Å². The van der Waals surface area contributed by atoms with Crippen molar-refractivity contribution in [2.75, 3.05) is 13.1 Å². The Bertz CT molecular complexity index is 542. The zero-order valence-corrected chi connectivity index (χ0v) is 14.2. The van der Waals surface area contributed by atoms with Crippen molar-refractivity contribution in [2.24, 2.45) is 0 Å². The molecule has 1 heterocycles. The maximum absolute atomic E-state index is 13.3. The lowest BCUT2D eigenvalue weighted by atomic mass is 9.98. The second kappa shape index (κ2) is 7.41. The molecular weight excluding hydrogens is 295 g/mol. The van der Waals surface area contributed by atoms with Gasteiger partial charge in [0.25, 0.3) is 0 Å².